The van der Waals surface area contributed by atoms with Gasteiger partial charge in [-0.1, -0.05) is 72.3 Å². The maximum Gasteiger partial charge on any atom is 0.311 e. The Kier molecular flexibility index (Phi) is 6.37. The van der Waals surface area contributed by atoms with Gasteiger partial charge in [-0.25, -0.2) is 0 Å². The molecule has 1 amide bonds. The third-order valence-corrected chi connectivity index (χ3v) is 6.06. The van der Waals surface area contributed by atoms with Gasteiger partial charge in [0.15, 0.2) is 12.4 Å². The van der Waals surface area contributed by atoms with Crippen LogP contribution in [0.5, 0.6) is 0 Å². The number of hydrogen-bond donors (Lipinski definition) is 0. The summed E-state index contributed by atoms with van der Waals surface area (Å²) in [7, 11) is 0. The summed E-state index contributed by atoms with van der Waals surface area (Å²) in [5.41, 5.74) is 4.00. The molecule has 0 aliphatic carbocycles. The molecule has 5 nitrogen and oxygen atoms in total. The molecule has 0 unspecified atom stereocenters. The third-order valence-electron chi connectivity index (χ3n) is 5.65. The molecule has 1 heterocycles. The Morgan fingerprint density at radius 2 is 1.66 bits per heavy atom. The monoisotopic (exact) mass is 447 g/mol. The zero-order valence-corrected chi connectivity index (χ0v) is 18.3. The van der Waals surface area contributed by atoms with Gasteiger partial charge in [0.1, 0.15) is 0 Å². The molecule has 1 fully saturated rings. The lowest BCUT2D eigenvalue weighted by Gasteiger charge is -2.19. The van der Waals surface area contributed by atoms with E-state index in [0.717, 1.165) is 16.7 Å². The molecular formula is C26H22ClNO4. The van der Waals surface area contributed by atoms with Gasteiger partial charge in [-0.3, -0.25) is 14.4 Å². The summed E-state index contributed by atoms with van der Waals surface area (Å²) in [5.74, 6) is -1.62. The number of rotatable bonds is 6. The summed E-state index contributed by atoms with van der Waals surface area (Å²) >= 11 is 6.16. The minimum absolute atomic E-state index is 0.0464. The number of nitrogens with zero attached hydrogens (tertiary/aromatic N) is 1. The maximum atomic E-state index is 12.5. The summed E-state index contributed by atoms with van der Waals surface area (Å²) in [5, 5.41) is 0.560. The van der Waals surface area contributed by atoms with Crippen LogP contribution >= 0.6 is 11.6 Å². The van der Waals surface area contributed by atoms with Gasteiger partial charge in [-0.05, 0) is 35.7 Å². The molecule has 3 aromatic rings. The van der Waals surface area contributed by atoms with Gasteiger partial charge in [0.05, 0.1) is 5.92 Å². The Labute approximate surface area is 191 Å². The van der Waals surface area contributed by atoms with E-state index in [-0.39, 0.29) is 31.3 Å². The number of amides is 1. The Morgan fingerprint density at radius 1 is 0.969 bits per heavy atom. The maximum absolute atomic E-state index is 12.5. The van der Waals surface area contributed by atoms with Crippen LogP contribution in [-0.4, -0.2) is 30.8 Å². The summed E-state index contributed by atoms with van der Waals surface area (Å²) in [6.45, 7) is 1.68. The zero-order chi connectivity index (χ0) is 22.7. The van der Waals surface area contributed by atoms with Gasteiger partial charge in [-0.2, -0.15) is 0 Å². The number of ether oxygens (including phenoxy) is 1. The standard InChI is InChI=1S/C26H22ClNO4/c1-17-22(27)8-5-9-23(17)28-15-21(14-25(28)30)26(31)32-16-24(29)20-12-10-19(11-13-20)18-6-3-2-4-7-18/h2-13,21H,14-16H2,1H3/t21-/m0/s1. The Morgan fingerprint density at radius 3 is 2.38 bits per heavy atom. The van der Waals surface area contributed by atoms with Crippen molar-refractivity contribution in [2.45, 2.75) is 13.3 Å². The Bertz CT molecular complexity index is 1160. The largest absolute Gasteiger partial charge is 0.457 e. The Hall–Kier alpha value is -3.44. The van der Waals surface area contributed by atoms with Crippen LogP contribution in [0, 0.1) is 12.8 Å². The van der Waals surface area contributed by atoms with Crippen molar-refractivity contribution in [1.29, 1.82) is 0 Å². The summed E-state index contributed by atoms with van der Waals surface area (Å²) in [6, 6.07) is 22.4. The predicted octanol–water partition coefficient (Wildman–Crippen LogP) is 5.09. The molecule has 0 N–H and O–H groups in total. The molecule has 32 heavy (non-hydrogen) atoms. The second-order valence-corrected chi connectivity index (χ2v) is 8.17. The number of ketones is 1. The van der Waals surface area contributed by atoms with Crippen LogP contribution in [0.2, 0.25) is 5.02 Å². The van der Waals surface area contributed by atoms with Gasteiger partial charge in [0, 0.05) is 29.2 Å². The molecule has 1 aliphatic heterocycles. The number of esters is 1. The molecular weight excluding hydrogens is 426 g/mol. The van der Waals surface area contributed by atoms with Gasteiger partial charge in [-0.15, -0.1) is 0 Å². The first kappa shape index (κ1) is 21.8. The first-order valence-corrected chi connectivity index (χ1v) is 10.7. The first-order valence-electron chi connectivity index (χ1n) is 10.3. The predicted molar refractivity (Wildman–Crippen MR) is 124 cm³/mol. The fraction of sp³-hybridized carbons (Fsp3) is 0.192. The molecule has 0 bridgehead atoms. The SMILES string of the molecule is Cc1c(Cl)cccc1N1C[C@@H](C(=O)OCC(=O)c2ccc(-c3ccccc3)cc2)CC1=O. The second kappa shape index (κ2) is 9.37. The van der Waals surface area contributed by atoms with E-state index in [0.29, 0.717) is 16.3 Å². The van der Waals surface area contributed by atoms with Crippen LogP contribution in [0.25, 0.3) is 11.1 Å². The van der Waals surface area contributed by atoms with Crippen molar-refractivity contribution in [3.8, 4) is 11.1 Å². The average Bonchev–Trinajstić information content (AvgIpc) is 3.21. The van der Waals surface area contributed by atoms with Gasteiger partial charge < -0.3 is 9.64 Å². The number of halogens is 1. The summed E-state index contributed by atoms with van der Waals surface area (Å²) in [6.07, 6.45) is 0.0464. The number of Topliss-reactive ketones (excluding diaryl/α,β-unsaturated/α-hetero) is 1. The van der Waals surface area contributed by atoms with Crippen LogP contribution in [0.15, 0.2) is 72.8 Å². The molecule has 6 heteroatoms. The van der Waals surface area contributed by atoms with Crippen LogP contribution in [0.3, 0.4) is 0 Å². The van der Waals surface area contributed by atoms with Gasteiger partial charge in [0.25, 0.3) is 0 Å². The van der Waals surface area contributed by atoms with E-state index in [9.17, 15) is 14.4 Å². The van der Waals surface area contributed by atoms with Gasteiger partial charge in [0.2, 0.25) is 5.91 Å². The smallest absolute Gasteiger partial charge is 0.311 e. The number of hydrogen-bond acceptors (Lipinski definition) is 4. The molecule has 1 saturated heterocycles. The van der Waals surface area contributed by atoms with E-state index in [4.69, 9.17) is 16.3 Å². The number of benzene rings is 3. The zero-order valence-electron chi connectivity index (χ0n) is 17.6. The van der Waals surface area contributed by atoms with Crippen molar-refractivity contribution < 1.29 is 19.1 Å². The van der Waals surface area contributed by atoms with Crippen LogP contribution in [0.1, 0.15) is 22.3 Å². The van der Waals surface area contributed by atoms with E-state index in [1.165, 1.54) is 0 Å². The molecule has 1 aliphatic rings. The number of anilines is 1. The molecule has 0 aromatic heterocycles. The molecule has 162 valence electrons. The average molecular weight is 448 g/mol. The quantitative estimate of drug-likeness (QED) is 0.390. The molecule has 4 rings (SSSR count). The van der Waals surface area contributed by atoms with Crippen molar-refractivity contribution in [1.82, 2.24) is 0 Å². The Balaban J connectivity index is 1.35. The lowest BCUT2D eigenvalue weighted by molar-refractivity contribution is -0.147. The van der Waals surface area contributed by atoms with Crippen LogP contribution < -0.4 is 4.90 Å². The topological polar surface area (TPSA) is 63.7 Å². The van der Waals surface area contributed by atoms with Gasteiger partial charge >= 0.3 is 5.97 Å². The van der Waals surface area contributed by atoms with Crippen molar-refractivity contribution in [2.75, 3.05) is 18.1 Å². The van der Waals surface area contributed by atoms with E-state index in [1.807, 2.05) is 49.4 Å². The minimum atomic E-state index is -0.617. The van der Waals surface area contributed by atoms with E-state index >= 15 is 0 Å². The highest BCUT2D eigenvalue weighted by Crippen LogP contribution is 2.31. The molecule has 0 radical (unpaired) electrons. The van der Waals surface area contributed by atoms with E-state index in [2.05, 4.69) is 0 Å². The fourth-order valence-corrected chi connectivity index (χ4v) is 3.97. The molecule has 0 spiro atoms. The lowest BCUT2D eigenvalue weighted by Crippen LogP contribution is -2.27. The highest BCUT2D eigenvalue weighted by molar-refractivity contribution is 6.31. The number of carbonyl (C=O) groups is 3. The van der Waals surface area contributed by atoms with Crippen molar-refractivity contribution in [2.24, 2.45) is 5.92 Å². The van der Waals surface area contributed by atoms with Crippen LogP contribution in [0.4, 0.5) is 5.69 Å². The van der Waals surface area contributed by atoms with Crippen molar-refractivity contribution in [3.63, 3.8) is 0 Å². The lowest BCUT2D eigenvalue weighted by atomic mass is 10.0. The summed E-state index contributed by atoms with van der Waals surface area (Å²) < 4.78 is 5.25. The van der Waals surface area contributed by atoms with E-state index in [1.54, 1.807) is 35.2 Å². The molecule has 1 atom stereocenters. The minimum Gasteiger partial charge on any atom is -0.457 e. The highest BCUT2D eigenvalue weighted by atomic mass is 35.5. The second-order valence-electron chi connectivity index (χ2n) is 7.76. The highest BCUT2D eigenvalue weighted by Gasteiger charge is 2.37. The third kappa shape index (κ3) is 4.58. The van der Waals surface area contributed by atoms with E-state index < -0.39 is 11.9 Å². The normalized spacial score (nSPS) is 15.6. The van der Waals surface area contributed by atoms with Crippen molar-refractivity contribution >= 4 is 34.9 Å². The fourth-order valence-electron chi connectivity index (χ4n) is 3.80. The summed E-state index contributed by atoms with van der Waals surface area (Å²) in [4.78, 5) is 39.0. The molecule has 0 saturated carbocycles. The number of carbonyl (C=O) groups excluding carboxylic acids is 3. The van der Waals surface area contributed by atoms with Crippen molar-refractivity contribution in [3.05, 3.63) is 88.9 Å². The molecule has 3 aromatic carbocycles. The van der Waals surface area contributed by atoms with Crippen LogP contribution in [-0.2, 0) is 14.3 Å². The first-order chi connectivity index (χ1) is 15.4.